The van der Waals surface area contributed by atoms with Crippen LogP contribution in [0.1, 0.15) is 43.9 Å². The van der Waals surface area contributed by atoms with Gasteiger partial charge in [-0.05, 0) is 36.1 Å². The van der Waals surface area contributed by atoms with E-state index < -0.39 is 0 Å². The number of benzene rings is 1. The molecule has 0 radical (unpaired) electrons. The molecule has 1 fully saturated rings. The Kier molecular flexibility index (Phi) is 3.98. The number of hydrogen-bond donors (Lipinski definition) is 1. The number of rotatable bonds is 4. The standard InChI is InChI=1S/C15H22N2O2/c1-5-17-9-13(16-15(17)18)11-6-7-14(19-4)12(8-11)10(2)3/h6-8,10,13H,5,9H2,1-4H3,(H,16,18). The zero-order valence-corrected chi connectivity index (χ0v) is 12.1. The number of urea groups is 1. The van der Waals surface area contributed by atoms with E-state index in [9.17, 15) is 4.79 Å². The molecule has 1 atom stereocenters. The minimum Gasteiger partial charge on any atom is -0.496 e. The first-order chi connectivity index (χ1) is 9.06. The van der Waals surface area contributed by atoms with E-state index in [1.807, 2.05) is 24.0 Å². The average molecular weight is 262 g/mol. The van der Waals surface area contributed by atoms with Crippen LogP contribution < -0.4 is 10.1 Å². The quantitative estimate of drug-likeness (QED) is 0.906. The minimum absolute atomic E-state index is 0.0226. The van der Waals surface area contributed by atoms with Gasteiger partial charge in [-0.1, -0.05) is 19.9 Å². The predicted octanol–water partition coefficient (Wildman–Crippen LogP) is 2.90. The van der Waals surface area contributed by atoms with E-state index in [4.69, 9.17) is 4.74 Å². The fourth-order valence-electron chi connectivity index (χ4n) is 2.47. The summed E-state index contributed by atoms with van der Waals surface area (Å²) in [5.74, 6) is 1.31. The van der Waals surface area contributed by atoms with Crippen molar-refractivity contribution in [3.05, 3.63) is 29.3 Å². The smallest absolute Gasteiger partial charge is 0.318 e. The molecule has 0 bridgehead atoms. The van der Waals surface area contributed by atoms with Crippen molar-refractivity contribution < 1.29 is 9.53 Å². The zero-order chi connectivity index (χ0) is 14.0. The molecule has 4 heteroatoms. The molecule has 19 heavy (non-hydrogen) atoms. The third-order valence-corrected chi connectivity index (χ3v) is 3.65. The van der Waals surface area contributed by atoms with Gasteiger partial charge in [-0.3, -0.25) is 0 Å². The van der Waals surface area contributed by atoms with Gasteiger partial charge in [0.2, 0.25) is 0 Å². The van der Waals surface area contributed by atoms with E-state index in [1.54, 1.807) is 7.11 Å². The van der Waals surface area contributed by atoms with Crippen molar-refractivity contribution >= 4 is 6.03 Å². The number of carbonyl (C=O) groups is 1. The Morgan fingerprint density at radius 3 is 2.74 bits per heavy atom. The summed E-state index contributed by atoms with van der Waals surface area (Å²) in [6.07, 6.45) is 0. The second-order valence-corrected chi connectivity index (χ2v) is 5.20. The molecule has 1 aliphatic rings. The number of likely N-dealkylation sites (N-methyl/N-ethyl adjacent to an activating group) is 1. The molecule has 1 heterocycles. The van der Waals surface area contributed by atoms with Gasteiger partial charge in [0.25, 0.3) is 0 Å². The lowest BCUT2D eigenvalue weighted by Crippen LogP contribution is -2.27. The molecule has 1 N–H and O–H groups in total. The van der Waals surface area contributed by atoms with Gasteiger partial charge >= 0.3 is 6.03 Å². The molecule has 1 aliphatic heterocycles. The molecule has 0 spiro atoms. The second-order valence-electron chi connectivity index (χ2n) is 5.20. The van der Waals surface area contributed by atoms with Gasteiger partial charge in [0.15, 0.2) is 0 Å². The number of ether oxygens (including phenoxy) is 1. The highest BCUT2D eigenvalue weighted by molar-refractivity contribution is 5.77. The summed E-state index contributed by atoms with van der Waals surface area (Å²) in [4.78, 5) is 13.5. The Hall–Kier alpha value is -1.71. The third kappa shape index (κ3) is 2.67. The molecular formula is C15H22N2O2. The number of hydrogen-bond acceptors (Lipinski definition) is 2. The summed E-state index contributed by atoms with van der Waals surface area (Å²) in [5.41, 5.74) is 2.33. The molecule has 1 aromatic rings. The van der Waals surface area contributed by atoms with Gasteiger partial charge in [-0.15, -0.1) is 0 Å². The highest BCUT2D eigenvalue weighted by Crippen LogP contribution is 2.30. The Labute approximate surface area is 114 Å². The number of amides is 2. The third-order valence-electron chi connectivity index (χ3n) is 3.65. The molecule has 104 valence electrons. The van der Waals surface area contributed by atoms with E-state index in [-0.39, 0.29) is 12.1 Å². The van der Waals surface area contributed by atoms with E-state index in [0.29, 0.717) is 5.92 Å². The molecule has 2 rings (SSSR count). The largest absolute Gasteiger partial charge is 0.496 e. The summed E-state index contributed by atoms with van der Waals surface area (Å²) in [6.45, 7) is 7.77. The summed E-state index contributed by atoms with van der Waals surface area (Å²) < 4.78 is 5.39. The van der Waals surface area contributed by atoms with Crippen molar-refractivity contribution in [2.75, 3.05) is 20.2 Å². The van der Waals surface area contributed by atoms with Gasteiger partial charge in [0.05, 0.1) is 13.2 Å². The highest BCUT2D eigenvalue weighted by atomic mass is 16.5. The van der Waals surface area contributed by atoms with Gasteiger partial charge in [0, 0.05) is 13.1 Å². The maximum atomic E-state index is 11.7. The topological polar surface area (TPSA) is 41.6 Å². The van der Waals surface area contributed by atoms with Crippen molar-refractivity contribution in [2.45, 2.75) is 32.7 Å². The van der Waals surface area contributed by atoms with Crippen molar-refractivity contribution in [2.24, 2.45) is 0 Å². The summed E-state index contributed by atoms with van der Waals surface area (Å²) >= 11 is 0. The molecule has 1 aromatic carbocycles. The number of methoxy groups -OCH3 is 1. The first-order valence-electron chi connectivity index (χ1n) is 6.80. The van der Waals surface area contributed by atoms with E-state index in [1.165, 1.54) is 5.56 Å². The van der Waals surface area contributed by atoms with Crippen molar-refractivity contribution in [3.8, 4) is 5.75 Å². The summed E-state index contributed by atoms with van der Waals surface area (Å²) in [7, 11) is 1.69. The molecule has 0 saturated carbocycles. The van der Waals surface area contributed by atoms with Crippen LogP contribution >= 0.6 is 0 Å². The molecule has 0 aliphatic carbocycles. The van der Waals surface area contributed by atoms with Crippen LogP contribution in [0.4, 0.5) is 4.79 Å². The van der Waals surface area contributed by atoms with Crippen LogP contribution in [0, 0.1) is 0 Å². The van der Waals surface area contributed by atoms with Crippen molar-refractivity contribution in [3.63, 3.8) is 0 Å². The summed E-state index contributed by atoms with van der Waals surface area (Å²) in [5, 5.41) is 3.02. The lowest BCUT2D eigenvalue weighted by Gasteiger charge is -2.16. The molecular weight excluding hydrogens is 240 g/mol. The normalized spacial score (nSPS) is 18.9. The Morgan fingerprint density at radius 1 is 1.47 bits per heavy atom. The highest BCUT2D eigenvalue weighted by Gasteiger charge is 2.28. The van der Waals surface area contributed by atoms with Crippen LogP contribution in [0.25, 0.3) is 0 Å². The molecule has 2 amide bonds. The second kappa shape index (κ2) is 5.51. The van der Waals surface area contributed by atoms with Crippen molar-refractivity contribution in [1.29, 1.82) is 0 Å². The van der Waals surface area contributed by atoms with Crippen LogP contribution in [0.3, 0.4) is 0 Å². The number of nitrogens with one attached hydrogen (secondary N) is 1. The Morgan fingerprint density at radius 2 is 2.21 bits per heavy atom. The Bertz CT molecular complexity index is 471. The first kappa shape index (κ1) is 13.7. The fraction of sp³-hybridized carbons (Fsp3) is 0.533. The van der Waals surface area contributed by atoms with Crippen LogP contribution in [-0.4, -0.2) is 31.1 Å². The lowest BCUT2D eigenvalue weighted by molar-refractivity contribution is 0.219. The van der Waals surface area contributed by atoms with Crippen molar-refractivity contribution in [1.82, 2.24) is 10.2 Å². The fourth-order valence-corrected chi connectivity index (χ4v) is 2.47. The van der Waals surface area contributed by atoms with Crippen LogP contribution in [-0.2, 0) is 0 Å². The van der Waals surface area contributed by atoms with E-state index in [0.717, 1.165) is 24.4 Å². The number of carbonyl (C=O) groups excluding carboxylic acids is 1. The predicted molar refractivity (Wildman–Crippen MR) is 75.6 cm³/mol. The van der Waals surface area contributed by atoms with E-state index in [2.05, 4.69) is 25.2 Å². The van der Waals surface area contributed by atoms with Crippen LogP contribution in [0.15, 0.2) is 18.2 Å². The molecule has 1 unspecified atom stereocenters. The molecule has 1 saturated heterocycles. The first-order valence-corrected chi connectivity index (χ1v) is 6.80. The van der Waals surface area contributed by atoms with E-state index >= 15 is 0 Å². The van der Waals surface area contributed by atoms with Gasteiger partial charge in [0.1, 0.15) is 5.75 Å². The van der Waals surface area contributed by atoms with Gasteiger partial charge < -0.3 is 15.0 Å². The monoisotopic (exact) mass is 262 g/mol. The Balaban J connectivity index is 2.27. The lowest BCUT2D eigenvalue weighted by atomic mass is 9.97. The molecule has 4 nitrogen and oxygen atoms in total. The SMILES string of the molecule is CCN1CC(c2ccc(OC)c(C(C)C)c2)NC1=O. The minimum atomic E-state index is 0.0226. The van der Waals surface area contributed by atoms with Gasteiger partial charge in [-0.25, -0.2) is 4.79 Å². The maximum absolute atomic E-state index is 11.7. The van der Waals surface area contributed by atoms with Crippen LogP contribution in [0.2, 0.25) is 0 Å². The maximum Gasteiger partial charge on any atom is 0.318 e. The average Bonchev–Trinajstić information content (AvgIpc) is 2.79. The zero-order valence-electron chi connectivity index (χ0n) is 12.1. The summed E-state index contributed by atoms with van der Waals surface area (Å²) in [6, 6.07) is 6.28. The van der Waals surface area contributed by atoms with Gasteiger partial charge in [-0.2, -0.15) is 0 Å². The molecule has 0 aromatic heterocycles. The van der Waals surface area contributed by atoms with Crippen LogP contribution in [0.5, 0.6) is 5.75 Å². The number of nitrogens with zero attached hydrogens (tertiary/aromatic N) is 1.